The van der Waals surface area contributed by atoms with E-state index in [1.165, 1.54) is 12.8 Å². The molecule has 0 aromatic carbocycles. The van der Waals surface area contributed by atoms with Crippen LogP contribution in [0.25, 0.3) is 0 Å². The molecule has 0 aromatic rings. The van der Waals surface area contributed by atoms with Crippen molar-refractivity contribution in [1.82, 2.24) is 0 Å². The average Bonchev–Trinajstić information content (AvgIpc) is 1.98. The van der Waals surface area contributed by atoms with Crippen LogP contribution in [0.1, 0.15) is 47.5 Å². The van der Waals surface area contributed by atoms with Crippen molar-refractivity contribution in [1.29, 1.82) is 0 Å². The lowest BCUT2D eigenvalue weighted by molar-refractivity contribution is 0.303. The first-order valence-electron chi connectivity index (χ1n) is 5.66. The van der Waals surface area contributed by atoms with Gasteiger partial charge in [-0.1, -0.05) is 48.0 Å². The number of nitrogens with two attached hydrogens (primary N) is 1. The topological polar surface area (TPSA) is 26.0 Å². The maximum Gasteiger partial charge on any atom is -0.0210 e. The first-order valence-corrected chi connectivity index (χ1v) is 8.08. The van der Waals surface area contributed by atoms with Crippen LogP contribution in [0.3, 0.4) is 0 Å². The van der Waals surface area contributed by atoms with Crippen LogP contribution in [0.5, 0.6) is 0 Å². The summed E-state index contributed by atoms with van der Waals surface area (Å²) in [4.78, 5) is 0. The molecule has 0 spiro atoms. The Morgan fingerprint density at radius 2 is 1.86 bits per heavy atom. The standard InChI is InChI=1S/C12H28NP/c1-7-14(6,13)9-8-11(2)10-12(3,4)5/h11H,6-10,13H2,1-5H3. The van der Waals surface area contributed by atoms with E-state index >= 15 is 0 Å². The van der Waals surface area contributed by atoms with Crippen molar-refractivity contribution >= 4 is 13.3 Å². The molecule has 0 aliphatic rings. The number of rotatable bonds is 5. The van der Waals surface area contributed by atoms with Crippen molar-refractivity contribution in [2.24, 2.45) is 16.8 Å². The number of hydrogen-bond donors (Lipinski definition) is 1. The summed E-state index contributed by atoms with van der Waals surface area (Å²) in [5.74, 6) is 0.784. The van der Waals surface area contributed by atoms with E-state index in [9.17, 15) is 0 Å². The van der Waals surface area contributed by atoms with Crippen LogP contribution < -0.4 is 5.50 Å². The first kappa shape index (κ1) is 14.3. The minimum Gasteiger partial charge on any atom is -0.311 e. The molecular weight excluding hydrogens is 189 g/mol. The summed E-state index contributed by atoms with van der Waals surface area (Å²) in [5, 5.41) is 0. The van der Waals surface area contributed by atoms with E-state index in [0.717, 1.165) is 18.2 Å². The predicted octanol–water partition coefficient (Wildman–Crippen LogP) is 3.79. The van der Waals surface area contributed by atoms with Crippen molar-refractivity contribution in [2.75, 3.05) is 12.3 Å². The van der Waals surface area contributed by atoms with Gasteiger partial charge in [-0.2, -0.15) is 0 Å². The quantitative estimate of drug-likeness (QED) is 0.697. The first-order chi connectivity index (χ1) is 6.16. The molecule has 0 aliphatic carbocycles. The van der Waals surface area contributed by atoms with Crippen molar-refractivity contribution in [2.45, 2.75) is 47.5 Å². The Morgan fingerprint density at radius 3 is 2.21 bits per heavy atom. The van der Waals surface area contributed by atoms with Crippen molar-refractivity contribution in [3.63, 3.8) is 0 Å². The molecule has 86 valence electrons. The van der Waals surface area contributed by atoms with Gasteiger partial charge in [0.1, 0.15) is 0 Å². The fraction of sp³-hybridized carbons (Fsp3) is 0.917. The monoisotopic (exact) mass is 217 g/mol. The molecule has 0 fully saturated rings. The Balaban J connectivity index is 3.86. The minimum absolute atomic E-state index is 0.447. The molecule has 2 N–H and O–H groups in total. The molecule has 0 saturated carbocycles. The lowest BCUT2D eigenvalue weighted by Crippen LogP contribution is -2.13. The van der Waals surface area contributed by atoms with Crippen LogP contribution in [-0.2, 0) is 0 Å². The van der Waals surface area contributed by atoms with E-state index < -0.39 is 7.04 Å². The number of hydrogen-bond acceptors (Lipinski definition) is 1. The van der Waals surface area contributed by atoms with E-state index in [2.05, 4.69) is 40.9 Å². The molecule has 0 rings (SSSR count). The third kappa shape index (κ3) is 7.64. The molecule has 1 nitrogen and oxygen atoms in total. The van der Waals surface area contributed by atoms with Gasteiger partial charge in [-0.15, -0.1) is 0 Å². The smallest absolute Gasteiger partial charge is 0.0210 e. The van der Waals surface area contributed by atoms with Crippen LogP contribution in [0.2, 0.25) is 0 Å². The Labute approximate surface area is 90.5 Å². The maximum absolute atomic E-state index is 6.13. The summed E-state index contributed by atoms with van der Waals surface area (Å²) in [6.07, 6.45) is 8.92. The highest BCUT2D eigenvalue weighted by atomic mass is 31.2. The second-order valence-corrected chi connectivity index (χ2v) is 9.43. The fourth-order valence-electron chi connectivity index (χ4n) is 1.78. The summed E-state index contributed by atoms with van der Waals surface area (Å²) in [5.41, 5.74) is 6.57. The lowest BCUT2D eigenvalue weighted by atomic mass is 9.84. The van der Waals surface area contributed by atoms with Crippen molar-refractivity contribution in [3.05, 3.63) is 0 Å². The van der Waals surface area contributed by atoms with E-state index in [1.54, 1.807) is 0 Å². The molecule has 14 heavy (non-hydrogen) atoms. The summed E-state index contributed by atoms with van der Waals surface area (Å²) in [7, 11) is -1.29. The zero-order chi connectivity index (χ0) is 11.4. The van der Waals surface area contributed by atoms with Gasteiger partial charge in [0.25, 0.3) is 0 Å². The van der Waals surface area contributed by atoms with Crippen LogP contribution in [0, 0.1) is 11.3 Å². The van der Waals surface area contributed by atoms with Gasteiger partial charge < -0.3 is 5.50 Å². The van der Waals surface area contributed by atoms with Crippen LogP contribution in [0.4, 0.5) is 0 Å². The van der Waals surface area contributed by atoms with Gasteiger partial charge in [-0.05, 0) is 36.5 Å². The third-order valence-corrected chi connectivity index (χ3v) is 5.07. The molecule has 0 saturated heterocycles. The van der Waals surface area contributed by atoms with E-state index in [1.807, 2.05) is 0 Å². The van der Waals surface area contributed by atoms with E-state index in [0.29, 0.717) is 5.41 Å². The molecule has 2 atom stereocenters. The molecule has 0 aliphatic heterocycles. The third-order valence-electron chi connectivity index (χ3n) is 2.66. The molecular formula is C12H28NP. The highest BCUT2D eigenvalue weighted by molar-refractivity contribution is 7.71. The van der Waals surface area contributed by atoms with Gasteiger partial charge in [-0.3, -0.25) is 0 Å². The molecule has 0 heterocycles. The van der Waals surface area contributed by atoms with Crippen LogP contribution in [-0.4, -0.2) is 18.6 Å². The molecule has 2 unspecified atom stereocenters. The van der Waals surface area contributed by atoms with Crippen molar-refractivity contribution in [3.8, 4) is 0 Å². The summed E-state index contributed by atoms with van der Waals surface area (Å²) in [6, 6.07) is 0. The van der Waals surface area contributed by atoms with Gasteiger partial charge in [0.05, 0.1) is 0 Å². The fourth-order valence-corrected chi connectivity index (χ4v) is 3.05. The Kier molecular flexibility index (Phi) is 5.47. The molecule has 2 heteroatoms. The lowest BCUT2D eigenvalue weighted by Gasteiger charge is -2.25. The highest BCUT2D eigenvalue weighted by Gasteiger charge is 2.16. The Bertz CT molecular complexity index is 203. The largest absolute Gasteiger partial charge is 0.311 e. The summed E-state index contributed by atoms with van der Waals surface area (Å²) < 4.78 is 0. The normalized spacial score (nSPS) is 19.0. The zero-order valence-electron chi connectivity index (χ0n) is 10.6. The SMILES string of the molecule is C=P(N)(CC)CCC(C)CC(C)(C)C. The van der Waals surface area contributed by atoms with Gasteiger partial charge in [0.2, 0.25) is 0 Å². The van der Waals surface area contributed by atoms with Crippen LogP contribution >= 0.6 is 7.04 Å². The molecule has 0 amide bonds. The Hall–Kier alpha value is 0.260. The minimum atomic E-state index is -1.29. The summed E-state index contributed by atoms with van der Waals surface area (Å²) >= 11 is 0. The van der Waals surface area contributed by atoms with E-state index in [-0.39, 0.29) is 0 Å². The zero-order valence-corrected chi connectivity index (χ0v) is 11.5. The van der Waals surface area contributed by atoms with Gasteiger partial charge in [0.15, 0.2) is 0 Å². The highest BCUT2D eigenvalue weighted by Crippen LogP contribution is 2.37. The van der Waals surface area contributed by atoms with Gasteiger partial charge >= 0.3 is 0 Å². The molecule has 0 radical (unpaired) electrons. The van der Waals surface area contributed by atoms with Gasteiger partial charge in [0, 0.05) is 0 Å². The summed E-state index contributed by atoms with van der Waals surface area (Å²) in [6.45, 7) is 11.4. The molecule has 0 aromatic heterocycles. The van der Waals surface area contributed by atoms with Crippen LogP contribution in [0.15, 0.2) is 0 Å². The molecule has 0 bridgehead atoms. The van der Waals surface area contributed by atoms with Gasteiger partial charge in [-0.25, -0.2) is 0 Å². The van der Waals surface area contributed by atoms with E-state index in [4.69, 9.17) is 5.50 Å². The van der Waals surface area contributed by atoms with Crippen molar-refractivity contribution < 1.29 is 0 Å². The average molecular weight is 217 g/mol. The maximum atomic E-state index is 6.13. The second-order valence-electron chi connectivity index (χ2n) is 5.92. The second kappa shape index (κ2) is 5.37. The predicted molar refractivity (Wildman–Crippen MR) is 71.5 cm³/mol. The Morgan fingerprint density at radius 1 is 1.36 bits per heavy atom.